The molecule has 0 atom stereocenters. The third kappa shape index (κ3) is 3.67. The lowest BCUT2D eigenvalue weighted by Gasteiger charge is -2.36. The third-order valence-electron chi connectivity index (χ3n) is 2.72. The largest absolute Gasteiger partial charge is 0.480 e. The molecular weight excluding hydrogens is 248 g/mol. The molecule has 0 heterocycles. The molecule has 104 valence electrons. The van der Waals surface area contributed by atoms with Crippen LogP contribution in [0.5, 0.6) is 0 Å². The summed E-state index contributed by atoms with van der Waals surface area (Å²) < 4.78 is 0. The summed E-state index contributed by atoms with van der Waals surface area (Å²) in [6, 6.07) is 4.70. The number of rotatable bonds is 4. The van der Waals surface area contributed by atoms with Gasteiger partial charge in [-0.05, 0) is 39.3 Å². The minimum absolute atomic E-state index is 0.0817. The van der Waals surface area contributed by atoms with Gasteiger partial charge in [0.2, 0.25) is 0 Å². The van der Waals surface area contributed by atoms with E-state index in [0.717, 1.165) is 5.56 Å². The summed E-state index contributed by atoms with van der Waals surface area (Å²) in [7, 11) is 0. The van der Waals surface area contributed by atoms with Crippen molar-refractivity contribution in [2.45, 2.75) is 33.2 Å². The zero-order chi connectivity index (χ0) is 14.8. The first-order valence-corrected chi connectivity index (χ1v) is 5.87. The topological polar surface area (TPSA) is 83.7 Å². The fourth-order valence-corrected chi connectivity index (χ4v) is 1.82. The first-order chi connectivity index (χ1) is 8.62. The van der Waals surface area contributed by atoms with Gasteiger partial charge in [-0.3, -0.25) is 14.9 Å². The molecule has 0 amide bonds. The standard InChI is InChI=1S/C13H18N2O4/c1-9-5-6-10(15(18)19)11(7-9)14(8-12(16)17)13(2,3)4/h5-7H,8H2,1-4H3,(H,16,17). The van der Waals surface area contributed by atoms with Crippen LogP contribution in [0.25, 0.3) is 0 Å². The van der Waals surface area contributed by atoms with Gasteiger partial charge in [-0.25, -0.2) is 0 Å². The van der Waals surface area contributed by atoms with E-state index < -0.39 is 16.4 Å². The van der Waals surface area contributed by atoms with Gasteiger partial charge >= 0.3 is 5.97 Å². The number of aliphatic carboxylic acids is 1. The van der Waals surface area contributed by atoms with E-state index in [4.69, 9.17) is 5.11 Å². The van der Waals surface area contributed by atoms with Gasteiger partial charge in [-0.2, -0.15) is 0 Å². The van der Waals surface area contributed by atoms with E-state index in [1.54, 1.807) is 12.1 Å². The minimum Gasteiger partial charge on any atom is -0.480 e. The smallest absolute Gasteiger partial charge is 0.323 e. The molecule has 0 saturated carbocycles. The number of nitrogens with zero attached hydrogens (tertiary/aromatic N) is 2. The Morgan fingerprint density at radius 1 is 1.42 bits per heavy atom. The lowest BCUT2D eigenvalue weighted by Crippen LogP contribution is -2.45. The van der Waals surface area contributed by atoms with Crippen LogP contribution >= 0.6 is 0 Å². The van der Waals surface area contributed by atoms with Crippen LogP contribution in [-0.4, -0.2) is 28.1 Å². The molecule has 0 spiro atoms. The van der Waals surface area contributed by atoms with E-state index in [0.29, 0.717) is 5.69 Å². The van der Waals surface area contributed by atoms with Crippen LogP contribution in [0.2, 0.25) is 0 Å². The van der Waals surface area contributed by atoms with Crippen LogP contribution in [0.4, 0.5) is 11.4 Å². The molecule has 0 unspecified atom stereocenters. The first-order valence-electron chi connectivity index (χ1n) is 5.87. The second kappa shape index (κ2) is 5.26. The Kier molecular flexibility index (Phi) is 4.14. The second-order valence-electron chi connectivity index (χ2n) is 5.40. The van der Waals surface area contributed by atoms with Crippen LogP contribution in [-0.2, 0) is 4.79 Å². The summed E-state index contributed by atoms with van der Waals surface area (Å²) in [5.41, 5.74) is 0.568. The van der Waals surface area contributed by atoms with Crippen LogP contribution in [0, 0.1) is 17.0 Å². The number of benzene rings is 1. The molecule has 0 aromatic heterocycles. The van der Waals surface area contributed by atoms with Crippen molar-refractivity contribution in [2.75, 3.05) is 11.4 Å². The van der Waals surface area contributed by atoms with Gasteiger partial charge in [-0.15, -0.1) is 0 Å². The molecule has 1 aromatic carbocycles. The van der Waals surface area contributed by atoms with Gasteiger partial charge in [-0.1, -0.05) is 6.07 Å². The van der Waals surface area contributed by atoms with E-state index in [1.165, 1.54) is 11.0 Å². The molecule has 6 nitrogen and oxygen atoms in total. The van der Waals surface area contributed by atoms with Gasteiger partial charge in [0.25, 0.3) is 5.69 Å². The monoisotopic (exact) mass is 266 g/mol. The molecule has 0 radical (unpaired) electrons. The van der Waals surface area contributed by atoms with E-state index in [2.05, 4.69) is 0 Å². The molecule has 0 aliphatic carbocycles. The number of hydrogen-bond donors (Lipinski definition) is 1. The van der Waals surface area contributed by atoms with Crippen LogP contribution in [0.3, 0.4) is 0 Å². The van der Waals surface area contributed by atoms with Gasteiger partial charge in [0, 0.05) is 11.6 Å². The molecule has 0 fully saturated rings. The van der Waals surface area contributed by atoms with E-state index in [-0.39, 0.29) is 12.2 Å². The zero-order valence-electron chi connectivity index (χ0n) is 11.5. The minimum atomic E-state index is -1.02. The number of nitro groups is 1. The second-order valence-corrected chi connectivity index (χ2v) is 5.40. The van der Waals surface area contributed by atoms with E-state index in [1.807, 2.05) is 27.7 Å². The maximum Gasteiger partial charge on any atom is 0.323 e. The summed E-state index contributed by atoms with van der Waals surface area (Å²) in [6.07, 6.45) is 0. The summed E-state index contributed by atoms with van der Waals surface area (Å²) >= 11 is 0. The Morgan fingerprint density at radius 3 is 2.42 bits per heavy atom. The molecule has 1 rings (SSSR count). The summed E-state index contributed by atoms with van der Waals surface area (Å²) in [5.74, 6) is -1.02. The van der Waals surface area contributed by atoms with Crippen molar-refractivity contribution in [3.63, 3.8) is 0 Å². The predicted molar refractivity (Wildman–Crippen MR) is 72.6 cm³/mol. The quantitative estimate of drug-likeness (QED) is 0.669. The van der Waals surface area contributed by atoms with Crippen molar-refractivity contribution in [2.24, 2.45) is 0 Å². The maximum absolute atomic E-state index is 11.1. The zero-order valence-corrected chi connectivity index (χ0v) is 11.5. The number of anilines is 1. The fourth-order valence-electron chi connectivity index (χ4n) is 1.82. The van der Waals surface area contributed by atoms with Gasteiger partial charge in [0.05, 0.1) is 4.92 Å². The Balaban J connectivity index is 3.40. The number of carboxylic acid groups (broad SMARTS) is 1. The molecular formula is C13H18N2O4. The van der Waals surface area contributed by atoms with Gasteiger partial charge in [0.1, 0.15) is 12.2 Å². The van der Waals surface area contributed by atoms with Crippen molar-refractivity contribution < 1.29 is 14.8 Å². The summed E-state index contributed by atoms with van der Waals surface area (Å²) in [6.45, 7) is 6.99. The lowest BCUT2D eigenvalue weighted by molar-refractivity contribution is -0.384. The van der Waals surface area contributed by atoms with Crippen molar-refractivity contribution >= 4 is 17.3 Å². The highest BCUT2D eigenvalue weighted by atomic mass is 16.6. The third-order valence-corrected chi connectivity index (χ3v) is 2.72. The Morgan fingerprint density at radius 2 is 2.00 bits per heavy atom. The van der Waals surface area contributed by atoms with Crippen molar-refractivity contribution in [3.8, 4) is 0 Å². The average Bonchev–Trinajstić information content (AvgIpc) is 2.23. The van der Waals surface area contributed by atoms with Gasteiger partial charge in [0.15, 0.2) is 0 Å². The Bertz CT molecular complexity index is 506. The molecule has 0 saturated heterocycles. The first kappa shape index (κ1) is 14.9. The highest BCUT2D eigenvalue weighted by Gasteiger charge is 2.29. The number of aryl methyl sites for hydroxylation is 1. The number of carbonyl (C=O) groups is 1. The van der Waals surface area contributed by atoms with E-state index >= 15 is 0 Å². The van der Waals surface area contributed by atoms with Crippen molar-refractivity contribution in [1.82, 2.24) is 0 Å². The molecule has 19 heavy (non-hydrogen) atoms. The molecule has 0 aliphatic rings. The summed E-state index contributed by atoms with van der Waals surface area (Å²) in [5, 5.41) is 20.1. The van der Waals surface area contributed by atoms with Crippen molar-refractivity contribution in [3.05, 3.63) is 33.9 Å². The van der Waals surface area contributed by atoms with Crippen LogP contribution in [0.15, 0.2) is 18.2 Å². The summed E-state index contributed by atoms with van der Waals surface area (Å²) in [4.78, 5) is 23.1. The average molecular weight is 266 g/mol. The lowest BCUT2D eigenvalue weighted by atomic mass is 10.0. The maximum atomic E-state index is 11.1. The Hall–Kier alpha value is -2.11. The van der Waals surface area contributed by atoms with Crippen LogP contribution in [0.1, 0.15) is 26.3 Å². The Labute approximate surface area is 111 Å². The fraction of sp³-hybridized carbons (Fsp3) is 0.462. The molecule has 1 aromatic rings. The number of nitro benzene ring substituents is 1. The number of hydrogen-bond acceptors (Lipinski definition) is 4. The van der Waals surface area contributed by atoms with Gasteiger partial charge < -0.3 is 10.0 Å². The highest BCUT2D eigenvalue weighted by Crippen LogP contribution is 2.33. The van der Waals surface area contributed by atoms with Crippen molar-refractivity contribution in [1.29, 1.82) is 0 Å². The number of carboxylic acids is 1. The van der Waals surface area contributed by atoms with Crippen LogP contribution < -0.4 is 4.90 Å². The molecule has 0 bridgehead atoms. The molecule has 6 heteroatoms. The SMILES string of the molecule is Cc1ccc([N+](=O)[O-])c(N(CC(=O)O)C(C)(C)C)c1. The molecule has 1 N–H and O–H groups in total. The molecule has 0 aliphatic heterocycles. The predicted octanol–water partition coefficient (Wildman–Crippen LogP) is 2.59. The normalized spacial score (nSPS) is 11.2. The van der Waals surface area contributed by atoms with E-state index in [9.17, 15) is 14.9 Å². The highest BCUT2D eigenvalue weighted by molar-refractivity contribution is 5.77.